The Balaban J connectivity index is 0.000000317. The van der Waals surface area contributed by atoms with Crippen LogP contribution in [0.2, 0.25) is 0 Å². The number of halogens is 6. The standard InChI is InChI=1S/C18H27N3O3S.2C2HF3O2/c22-25(23,16-6-7-16)21-10-11-24-18(14-21)8-2-1-5-17(18)20-13-15-4-3-9-19-12-15;2*3-2(4,5)1(6)7/h3-4,9,12,16-17,20H,1-2,5-8,10-11,13-14H2;2*(H,6,7). The number of rotatable bonds is 5. The van der Waals surface area contributed by atoms with Crippen molar-refractivity contribution < 1.29 is 59.3 Å². The minimum absolute atomic E-state index is 0.145. The van der Waals surface area contributed by atoms with Crippen molar-refractivity contribution in [2.24, 2.45) is 0 Å². The predicted octanol–water partition coefficient (Wildman–Crippen LogP) is 2.94. The van der Waals surface area contributed by atoms with Crippen molar-refractivity contribution in [3.63, 3.8) is 0 Å². The van der Waals surface area contributed by atoms with E-state index in [0.29, 0.717) is 19.7 Å². The summed E-state index contributed by atoms with van der Waals surface area (Å²) < 4.78 is 96.8. The highest BCUT2D eigenvalue weighted by molar-refractivity contribution is 7.90. The van der Waals surface area contributed by atoms with E-state index < -0.39 is 34.3 Å². The number of morpholine rings is 1. The fraction of sp³-hybridized carbons (Fsp3) is 0.682. The Bertz CT molecular complexity index is 1040. The van der Waals surface area contributed by atoms with Crippen LogP contribution >= 0.6 is 0 Å². The maximum absolute atomic E-state index is 12.7. The van der Waals surface area contributed by atoms with E-state index in [-0.39, 0.29) is 16.9 Å². The van der Waals surface area contributed by atoms with Gasteiger partial charge in [-0.15, -0.1) is 0 Å². The molecule has 10 nitrogen and oxygen atoms in total. The monoisotopic (exact) mass is 593 g/mol. The van der Waals surface area contributed by atoms with Crippen molar-refractivity contribution >= 4 is 22.0 Å². The van der Waals surface area contributed by atoms with Gasteiger partial charge >= 0.3 is 24.3 Å². The maximum atomic E-state index is 12.7. The number of nitrogens with zero attached hydrogens (tertiary/aromatic N) is 2. The summed E-state index contributed by atoms with van der Waals surface area (Å²) in [4.78, 5) is 22.0. The zero-order chi connectivity index (χ0) is 29.5. The number of carboxylic acids is 2. The molecule has 4 rings (SSSR count). The fourth-order valence-corrected chi connectivity index (χ4v) is 6.05. The van der Waals surface area contributed by atoms with Crippen molar-refractivity contribution in [1.29, 1.82) is 0 Å². The van der Waals surface area contributed by atoms with Crippen molar-refractivity contribution in [3.8, 4) is 0 Å². The van der Waals surface area contributed by atoms with Crippen LogP contribution in [0.5, 0.6) is 0 Å². The molecule has 39 heavy (non-hydrogen) atoms. The Morgan fingerprint density at radius 2 is 1.67 bits per heavy atom. The molecule has 2 heterocycles. The molecule has 1 aliphatic heterocycles. The molecule has 0 radical (unpaired) electrons. The van der Waals surface area contributed by atoms with E-state index in [1.807, 2.05) is 12.3 Å². The average Bonchev–Trinajstić information content (AvgIpc) is 3.70. The molecule has 0 bridgehead atoms. The average molecular weight is 594 g/mol. The first-order valence-corrected chi connectivity index (χ1v) is 13.3. The van der Waals surface area contributed by atoms with E-state index in [4.69, 9.17) is 24.5 Å². The molecule has 3 fully saturated rings. The summed E-state index contributed by atoms with van der Waals surface area (Å²) in [6.07, 6.45) is -0.686. The number of aromatic nitrogens is 1. The lowest BCUT2D eigenvalue weighted by Gasteiger charge is -2.49. The zero-order valence-electron chi connectivity index (χ0n) is 20.5. The van der Waals surface area contributed by atoms with E-state index in [9.17, 15) is 34.8 Å². The number of aliphatic carboxylic acids is 2. The quantitative estimate of drug-likeness (QED) is 0.439. The van der Waals surface area contributed by atoms with Crippen LogP contribution in [-0.2, 0) is 30.9 Å². The van der Waals surface area contributed by atoms with Crippen molar-refractivity contribution in [1.82, 2.24) is 14.6 Å². The van der Waals surface area contributed by atoms with Crippen LogP contribution in [0.15, 0.2) is 24.5 Å². The zero-order valence-corrected chi connectivity index (χ0v) is 21.4. The van der Waals surface area contributed by atoms with Gasteiger partial charge in [-0.25, -0.2) is 18.0 Å². The van der Waals surface area contributed by atoms with Crippen molar-refractivity contribution in [2.45, 2.75) is 74.3 Å². The summed E-state index contributed by atoms with van der Waals surface area (Å²) in [5.41, 5.74) is 0.752. The first kappa shape index (κ1) is 32.7. The largest absolute Gasteiger partial charge is 0.490 e. The van der Waals surface area contributed by atoms with Crippen molar-refractivity contribution in [2.75, 3.05) is 19.7 Å². The van der Waals surface area contributed by atoms with Gasteiger partial charge in [0.25, 0.3) is 0 Å². The molecule has 2 unspecified atom stereocenters. The van der Waals surface area contributed by atoms with E-state index >= 15 is 0 Å². The van der Waals surface area contributed by atoms with Gasteiger partial charge in [0.05, 0.1) is 17.5 Å². The third-order valence-electron chi connectivity index (χ3n) is 6.22. The summed E-state index contributed by atoms with van der Waals surface area (Å²) in [5.74, 6) is -5.51. The third kappa shape index (κ3) is 9.88. The highest BCUT2D eigenvalue weighted by Crippen LogP contribution is 2.38. The van der Waals surface area contributed by atoms with Gasteiger partial charge in [-0.3, -0.25) is 4.98 Å². The minimum atomic E-state index is -5.08. The highest BCUT2D eigenvalue weighted by atomic mass is 32.2. The first-order chi connectivity index (χ1) is 18.0. The Morgan fingerprint density at radius 1 is 1.08 bits per heavy atom. The van der Waals surface area contributed by atoms with Crippen LogP contribution in [0, 0.1) is 0 Å². The van der Waals surface area contributed by atoms with Crippen LogP contribution in [0.3, 0.4) is 0 Å². The number of nitrogens with one attached hydrogen (secondary N) is 1. The molecule has 2 saturated carbocycles. The molecule has 2 atom stereocenters. The Kier molecular flexibility index (Phi) is 11.1. The lowest BCUT2D eigenvalue weighted by Crippen LogP contribution is -2.64. The van der Waals surface area contributed by atoms with Gasteiger partial charge in [0.1, 0.15) is 0 Å². The number of ether oxygens (including phenoxy) is 1. The Hall–Kier alpha value is -2.50. The lowest BCUT2D eigenvalue weighted by atomic mass is 9.79. The molecule has 0 amide bonds. The van der Waals surface area contributed by atoms with Gasteiger partial charge in [-0.1, -0.05) is 18.9 Å². The van der Waals surface area contributed by atoms with Crippen LogP contribution in [0.1, 0.15) is 44.1 Å². The van der Waals surface area contributed by atoms with Gasteiger partial charge < -0.3 is 20.3 Å². The van der Waals surface area contributed by atoms with E-state index in [1.165, 1.54) is 0 Å². The number of pyridine rings is 1. The molecule has 222 valence electrons. The van der Waals surface area contributed by atoms with Gasteiger partial charge in [0, 0.05) is 38.1 Å². The molecule has 2 aliphatic carbocycles. The fourth-order valence-electron chi connectivity index (χ4n) is 4.17. The molecule has 0 aromatic carbocycles. The summed E-state index contributed by atoms with van der Waals surface area (Å²) in [6.45, 7) is 2.22. The SMILES string of the molecule is O=C(O)C(F)(F)F.O=C(O)C(F)(F)F.O=S(=O)(C1CC1)N1CCOC2(CCCCC2NCc2cccnc2)C1. The molecule has 3 aliphatic rings. The van der Waals surface area contributed by atoms with Gasteiger partial charge in [-0.2, -0.15) is 30.6 Å². The lowest BCUT2D eigenvalue weighted by molar-refractivity contribution is -0.193. The van der Waals surface area contributed by atoms with E-state index in [2.05, 4.69) is 16.4 Å². The summed E-state index contributed by atoms with van der Waals surface area (Å²) in [7, 11) is -3.14. The Labute approximate surface area is 220 Å². The summed E-state index contributed by atoms with van der Waals surface area (Å²) in [5, 5.41) is 17.7. The van der Waals surface area contributed by atoms with Gasteiger partial charge in [0.2, 0.25) is 10.0 Å². The third-order valence-corrected chi connectivity index (χ3v) is 8.56. The molecule has 1 aromatic heterocycles. The van der Waals surface area contributed by atoms with Gasteiger partial charge in [0.15, 0.2) is 0 Å². The summed E-state index contributed by atoms with van der Waals surface area (Å²) in [6, 6.07) is 4.18. The van der Waals surface area contributed by atoms with Crippen LogP contribution < -0.4 is 5.32 Å². The topological polar surface area (TPSA) is 146 Å². The maximum Gasteiger partial charge on any atom is 0.490 e. The van der Waals surface area contributed by atoms with Crippen LogP contribution in [-0.4, -0.2) is 88.8 Å². The van der Waals surface area contributed by atoms with Crippen molar-refractivity contribution in [3.05, 3.63) is 30.1 Å². The molecule has 1 spiro atoms. The minimum Gasteiger partial charge on any atom is -0.475 e. The number of carbonyl (C=O) groups is 2. The van der Waals surface area contributed by atoms with Gasteiger partial charge in [-0.05, 0) is 37.3 Å². The normalized spacial score (nSPS) is 24.1. The summed E-state index contributed by atoms with van der Waals surface area (Å²) >= 11 is 0. The predicted molar refractivity (Wildman–Crippen MR) is 123 cm³/mol. The van der Waals surface area contributed by atoms with Crippen LogP contribution in [0.4, 0.5) is 26.3 Å². The Morgan fingerprint density at radius 3 is 2.15 bits per heavy atom. The molecule has 17 heteroatoms. The number of sulfonamides is 1. The first-order valence-electron chi connectivity index (χ1n) is 11.8. The molecule has 1 saturated heterocycles. The van der Waals surface area contributed by atoms with Crippen LogP contribution in [0.25, 0.3) is 0 Å². The molecule has 3 N–H and O–H groups in total. The molecule has 1 aromatic rings. The highest BCUT2D eigenvalue weighted by Gasteiger charge is 2.50. The smallest absolute Gasteiger partial charge is 0.475 e. The number of alkyl halides is 6. The number of hydrogen-bond acceptors (Lipinski definition) is 7. The number of hydrogen-bond donors (Lipinski definition) is 3. The second kappa shape index (κ2) is 13.2. The molecular weight excluding hydrogens is 564 g/mol. The van der Waals surface area contributed by atoms with E-state index in [0.717, 1.165) is 50.6 Å². The second-order valence-electron chi connectivity index (χ2n) is 9.14. The van der Waals surface area contributed by atoms with E-state index in [1.54, 1.807) is 10.5 Å². The number of carboxylic acid groups (broad SMARTS) is 2. The molecular formula is C22H29F6N3O7S. The second-order valence-corrected chi connectivity index (χ2v) is 11.4.